The standard InChI is InChI=1S/C18H27ClN2O2.ClH/c1-13(15-6-5-9-20-12-15)10-18(22)21-11-14(2)23-17-8-4-3-7-16(17)19;/h3-4,7-8,13-15,20H,5-6,9-12H2,1-2H3,(H,21,22);1H. The quantitative estimate of drug-likeness (QED) is 0.765. The molecule has 3 unspecified atom stereocenters. The Hall–Kier alpha value is -0.970. The number of carbonyl (C=O) groups excluding carboxylic acids is 1. The summed E-state index contributed by atoms with van der Waals surface area (Å²) in [4.78, 5) is 12.1. The van der Waals surface area contributed by atoms with Crippen molar-refractivity contribution in [1.29, 1.82) is 0 Å². The molecule has 1 heterocycles. The van der Waals surface area contributed by atoms with Gasteiger partial charge in [0.2, 0.25) is 5.91 Å². The third-order valence-electron chi connectivity index (χ3n) is 4.40. The molecule has 2 rings (SSSR count). The van der Waals surface area contributed by atoms with Gasteiger partial charge in [0, 0.05) is 6.42 Å². The minimum atomic E-state index is -0.120. The zero-order chi connectivity index (χ0) is 16.7. The second-order valence-electron chi connectivity index (χ2n) is 6.45. The highest BCUT2D eigenvalue weighted by Gasteiger charge is 2.22. The Labute approximate surface area is 156 Å². The Balaban J connectivity index is 0.00000288. The first-order chi connectivity index (χ1) is 11.1. The molecule has 0 saturated carbocycles. The van der Waals surface area contributed by atoms with Crippen molar-refractivity contribution in [2.75, 3.05) is 19.6 Å². The van der Waals surface area contributed by atoms with E-state index < -0.39 is 0 Å². The number of nitrogens with one attached hydrogen (secondary N) is 2. The van der Waals surface area contributed by atoms with Crippen LogP contribution in [0.15, 0.2) is 24.3 Å². The van der Waals surface area contributed by atoms with Gasteiger partial charge in [-0.05, 0) is 56.8 Å². The molecule has 24 heavy (non-hydrogen) atoms. The molecule has 1 fully saturated rings. The zero-order valence-electron chi connectivity index (χ0n) is 14.4. The van der Waals surface area contributed by atoms with E-state index >= 15 is 0 Å². The predicted molar refractivity (Wildman–Crippen MR) is 101 cm³/mol. The zero-order valence-corrected chi connectivity index (χ0v) is 16.0. The molecule has 1 saturated heterocycles. The summed E-state index contributed by atoms with van der Waals surface area (Å²) in [5.74, 6) is 1.75. The molecular weight excluding hydrogens is 347 g/mol. The fourth-order valence-electron chi connectivity index (χ4n) is 2.95. The van der Waals surface area contributed by atoms with E-state index in [1.165, 1.54) is 12.8 Å². The summed E-state index contributed by atoms with van der Waals surface area (Å²) < 4.78 is 5.76. The van der Waals surface area contributed by atoms with Gasteiger partial charge in [0.25, 0.3) is 0 Å². The van der Waals surface area contributed by atoms with E-state index in [0.29, 0.717) is 35.6 Å². The first-order valence-electron chi connectivity index (χ1n) is 8.45. The number of ether oxygens (including phenoxy) is 1. The van der Waals surface area contributed by atoms with Gasteiger partial charge in [-0.2, -0.15) is 0 Å². The summed E-state index contributed by atoms with van der Waals surface area (Å²) in [5.41, 5.74) is 0. The van der Waals surface area contributed by atoms with Crippen molar-refractivity contribution in [1.82, 2.24) is 10.6 Å². The van der Waals surface area contributed by atoms with E-state index in [0.717, 1.165) is 13.1 Å². The average molecular weight is 375 g/mol. The van der Waals surface area contributed by atoms with Gasteiger partial charge in [-0.15, -0.1) is 12.4 Å². The Morgan fingerprint density at radius 1 is 1.42 bits per heavy atom. The van der Waals surface area contributed by atoms with Gasteiger partial charge in [-0.3, -0.25) is 4.79 Å². The van der Waals surface area contributed by atoms with Crippen molar-refractivity contribution in [2.24, 2.45) is 11.8 Å². The molecule has 6 heteroatoms. The minimum absolute atomic E-state index is 0. The van der Waals surface area contributed by atoms with Crippen molar-refractivity contribution in [3.05, 3.63) is 29.3 Å². The number of piperidine rings is 1. The molecule has 1 aliphatic heterocycles. The van der Waals surface area contributed by atoms with Gasteiger partial charge in [0.15, 0.2) is 0 Å². The van der Waals surface area contributed by atoms with Crippen molar-refractivity contribution in [3.63, 3.8) is 0 Å². The summed E-state index contributed by atoms with van der Waals surface area (Å²) >= 11 is 6.07. The van der Waals surface area contributed by atoms with Crippen LogP contribution in [-0.4, -0.2) is 31.6 Å². The summed E-state index contributed by atoms with van der Waals surface area (Å²) in [5, 5.41) is 6.96. The lowest BCUT2D eigenvalue weighted by molar-refractivity contribution is -0.122. The van der Waals surface area contributed by atoms with Crippen molar-refractivity contribution in [2.45, 2.75) is 39.2 Å². The number of amides is 1. The number of rotatable bonds is 7. The predicted octanol–water partition coefficient (Wildman–Crippen LogP) is 3.67. The first kappa shape index (κ1) is 21.1. The van der Waals surface area contributed by atoms with Crippen LogP contribution >= 0.6 is 24.0 Å². The van der Waals surface area contributed by atoms with Crippen LogP contribution < -0.4 is 15.4 Å². The average Bonchev–Trinajstić information content (AvgIpc) is 2.56. The van der Waals surface area contributed by atoms with Crippen LogP contribution in [0.3, 0.4) is 0 Å². The van der Waals surface area contributed by atoms with E-state index in [-0.39, 0.29) is 24.4 Å². The molecule has 0 spiro atoms. The maximum Gasteiger partial charge on any atom is 0.220 e. The van der Waals surface area contributed by atoms with Crippen molar-refractivity contribution >= 4 is 29.9 Å². The third kappa shape index (κ3) is 6.88. The van der Waals surface area contributed by atoms with Gasteiger partial charge in [-0.25, -0.2) is 0 Å². The molecule has 0 aromatic heterocycles. The second kappa shape index (κ2) is 10.8. The highest BCUT2D eigenvalue weighted by atomic mass is 35.5. The normalized spacial score (nSPS) is 19.7. The molecule has 1 aliphatic rings. The number of benzene rings is 1. The van der Waals surface area contributed by atoms with Crippen LogP contribution in [0.25, 0.3) is 0 Å². The lowest BCUT2D eigenvalue weighted by atomic mass is 9.85. The SMILES string of the molecule is CC(CNC(=O)CC(C)C1CCCNC1)Oc1ccccc1Cl.Cl. The largest absolute Gasteiger partial charge is 0.487 e. The van der Waals surface area contributed by atoms with Gasteiger partial charge >= 0.3 is 0 Å². The maximum atomic E-state index is 12.1. The Morgan fingerprint density at radius 2 is 2.17 bits per heavy atom. The fraction of sp³-hybridized carbons (Fsp3) is 0.611. The topological polar surface area (TPSA) is 50.4 Å². The summed E-state index contributed by atoms with van der Waals surface area (Å²) in [6.45, 7) is 6.71. The van der Waals surface area contributed by atoms with E-state index in [1.54, 1.807) is 6.07 Å². The molecule has 0 aliphatic carbocycles. The molecule has 3 atom stereocenters. The highest BCUT2D eigenvalue weighted by molar-refractivity contribution is 6.32. The molecule has 1 aromatic rings. The highest BCUT2D eigenvalue weighted by Crippen LogP contribution is 2.24. The third-order valence-corrected chi connectivity index (χ3v) is 4.71. The van der Waals surface area contributed by atoms with Crippen LogP contribution in [0.4, 0.5) is 0 Å². The van der Waals surface area contributed by atoms with E-state index in [1.807, 2.05) is 25.1 Å². The number of hydrogen-bond acceptors (Lipinski definition) is 3. The van der Waals surface area contributed by atoms with E-state index in [2.05, 4.69) is 17.6 Å². The Morgan fingerprint density at radius 3 is 2.83 bits per heavy atom. The lowest BCUT2D eigenvalue weighted by Crippen LogP contribution is -2.37. The summed E-state index contributed by atoms with van der Waals surface area (Å²) in [6.07, 6.45) is 2.88. The molecule has 1 aromatic carbocycles. The molecule has 1 amide bonds. The second-order valence-corrected chi connectivity index (χ2v) is 6.86. The summed E-state index contributed by atoms with van der Waals surface area (Å²) in [6, 6.07) is 7.37. The van der Waals surface area contributed by atoms with Crippen LogP contribution in [0.2, 0.25) is 5.02 Å². The smallest absolute Gasteiger partial charge is 0.220 e. The first-order valence-corrected chi connectivity index (χ1v) is 8.82. The number of carbonyl (C=O) groups is 1. The molecule has 0 bridgehead atoms. The number of halogens is 2. The fourth-order valence-corrected chi connectivity index (χ4v) is 3.13. The van der Waals surface area contributed by atoms with Gasteiger partial charge in [0.05, 0.1) is 11.6 Å². The van der Waals surface area contributed by atoms with Crippen LogP contribution in [-0.2, 0) is 4.79 Å². The van der Waals surface area contributed by atoms with Crippen molar-refractivity contribution < 1.29 is 9.53 Å². The number of para-hydroxylation sites is 1. The maximum absolute atomic E-state index is 12.1. The monoisotopic (exact) mass is 374 g/mol. The lowest BCUT2D eigenvalue weighted by Gasteiger charge is -2.28. The Kier molecular flexibility index (Phi) is 9.49. The summed E-state index contributed by atoms with van der Waals surface area (Å²) in [7, 11) is 0. The molecular formula is C18H28Cl2N2O2. The molecule has 2 N–H and O–H groups in total. The van der Waals surface area contributed by atoms with Crippen LogP contribution in [0.1, 0.15) is 33.1 Å². The molecule has 136 valence electrons. The molecule has 4 nitrogen and oxygen atoms in total. The van der Waals surface area contributed by atoms with Crippen LogP contribution in [0, 0.1) is 11.8 Å². The van der Waals surface area contributed by atoms with Crippen molar-refractivity contribution in [3.8, 4) is 5.75 Å². The number of hydrogen-bond donors (Lipinski definition) is 2. The van der Waals surface area contributed by atoms with Crippen LogP contribution in [0.5, 0.6) is 5.75 Å². The Bertz CT molecular complexity index is 508. The van der Waals surface area contributed by atoms with E-state index in [4.69, 9.17) is 16.3 Å². The van der Waals surface area contributed by atoms with E-state index in [9.17, 15) is 4.79 Å². The van der Waals surface area contributed by atoms with Gasteiger partial charge in [-0.1, -0.05) is 30.7 Å². The van der Waals surface area contributed by atoms with Gasteiger partial charge in [0.1, 0.15) is 11.9 Å². The molecule has 0 radical (unpaired) electrons. The minimum Gasteiger partial charge on any atom is -0.487 e. The van der Waals surface area contributed by atoms with Gasteiger partial charge < -0.3 is 15.4 Å².